The number of methoxy groups -OCH3 is 1. The molecule has 0 saturated heterocycles. The van der Waals surface area contributed by atoms with E-state index in [1.54, 1.807) is 18.7 Å². The summed E-state index contributed by atoms with van der Waals surface area (Å²) in [5, 5.41) is 4.21. The van der Waals surface area contributed by atoms with E-state index >= 15 is 0 Å². The second kappa shape index (κ2) is 6.67. The molecule has 0 atom stereocenters. The number of halogens is 3. The lowest BCUT2D eigenvalue weighted by Gasteiger charge is -2.06. The van der Waals surface area contributed by atoms with Gasteiger partial charge in [0.2, 0.25) is 5.89 Å². The molecule has 0 aliphatic heterocycles. The predicted molar refractivity (Wildman–Crippen MR) is 81.5 cm³/mol. The molecular weight excluding hydrogens is 337 g/mol. The summed E-state index contributed by atoms with van der Waals surface area (Å²) in [6, 6.07) is 4.87. The average Bonchev–Trinajstić information content (AvgIpc) is 3.15. The van der Waals surface area contributed by atoms with E-state index < -0.39 is 11.7 Å². The lowest BCUT2D eigenvalue weighted by atomic mass is 10.1. The van der Waals surface area contributed by atoms with Crippen LogP contribution in [0, 0.1) is 6.92 Å². The van der Waals surface area contributed by atoms with Gasteiger partial charge in [-0.2, -0.15) is 18.3 Å². The molecule has 6 nitrogen and oxygen atoms in total. The third kappa shape index (κ3) is 3.87. The Hall–Kier alpha value is -2.68. The summed E-state index contributed by atoms with van der Waals surface area (Å²) in [5.74, 6) is 1.17. The van der Waals surface area contributed by atoms with Crippen LogP contribution < -0.4 is 0 Å². The highest BCUT2D eigenvalue weighted by Crippen LogP contribution is 2.32. The Morgan fingerprint density at radius 1 is 1.28 bits per heavy atom. The number of oxazole rings is 1. The number of hydrogen-bond donors (Lipinski definition) is 0. The Morgan fingerprint density at radius 2 is 2.08 bits per heavy atom. The van der Waals surface area contributed by atoms with Crippen molar-refractivity contribution in [2.75, 3.05) is 7.11 Å². The molecule has 0 saturated carbocycles. The van der Waals surface area contributed by atoms with Crippen molar-refractivity contribution in [3.05, 3.63) is 53.4 Å². The molecule has 0 radical (unpaired) electrons. The molecule has 0 aliphatic rings. The van der Waals surface area contributed by atoms with Gasteiger partial charge in [0.05, 0.1) is 12.1 Å². The number of alkyl halides is 3. The van der Waals surface area contributed by atoms with Crippen molar-refractivity contribution in [2.24, 2.45) is 0 Å². The lowest BCUT2D eigenvalue weighted by molar-refractivity contribution is -0.137. The Morgan fingerprint density at radius 3 is 2.80 bits per heavy atom. The van der Waals surface area contributed by atoms with Crippen molar-refractivity contribution < 1.29 is 22.3 Å². The van der Waals surface area contributed by atoms with E-state index in [2.05, 4.69) is 15.1 Å². The van der Waals surface area contributed by atoms with Crippen molar-refractivity contribution in [2.45, 2.75) is 26.3 Å². The molecule has 3 rings (SSSR count). The average molecular weight is 352 g/mol. The van der Waals surface area contributed by atoms with Crippen molar-refractivity contribution in [3.8, 4) is 11.5 Å². The highest BCUT2D eigenvalue weighted by Gasteiger charge is 2.30. The Bertz CT molecular complexity index is 870. The van der Waals surface area contributed by atoms with Gasteiger partial charge in [-0.15, -0.1) is 0 Å². The van der Waals surface area contributed by atoms with Crippen LogP contribution in [0.1, 0.15) is 22.8 Å². The van der Waals surface area contributed by atoms with Gasteiger partial charge >= 0.3 is 6.18 Å². The minimum atomic E-state index is -4.42. The van der Waals surface area contributed by atoms with Gasteiger partial charge in [-0.25, -0.2) is 14.6 Å². The molecule has 132 valence electrons. The van der Waals surface area contributed by atoms with Crippen LogP contribution in [0.3, 0.4) is 0 Å². The van der Waals surface area contributed by atoms with Crippen molar-refractivity contribution in [1.82, 2.24) is 19.7 Å². The Balaban J connectivity index is 1.85. The zero-order valence-electron chi connectivity index (χ0n) is 13.5. The van der Waals surface area contributed by atoms with Crippen LogP contribution in [0.25, 0.3) is 11.5 Å². The van der Waals surface area contributed by atoms with E-state index in [1.165, 1.54) is 18.5 Å². The van der Waals surface area contributed by atoms with Gasteiger partial charge < -0.3 is 9.15 Å². The fraction of sp³-hybridized carbons (Fsp3) is 0.312. The summed E-state index contributed by atoms with van der Waals surface area (Å²) in [6.45, 7) is 2.29. The first kappa shape index (κ1) is 17.2. The Labute approximate surface area is 141 Å². The molecule has 0 N–H and O–H groups in total. The van der Waals surface area contributed by atoms with Gasteiger partial charge in [-0.05, 0) is 25.1 Å². The third-order valence-corrected chi connectivity index (χ3v) is 3.50. The molecule has 0 bridgehead atoms. The molecular formula is C16H15F3N4O2. The fourth-order valence-corrected chi connectivity index (χ4v) is 2.28. The van der Waals surface area contributed by atoms with Crippen LogP contribution in [-0.2, 0) is 24.1 Å². The zero-order valence-corrected chi connectivity index (χ0v) is 13.5. The molecule has 2 aromatic heterocycles. The van der Waals surface area contributed by atoms with Crippen LogP contribution in [-0.4, -0.2) is 26.9 Å². The molecule has 25 heavy (non-hydrogen) atoms. The summed E-state index contributed by atoms with van der Waals surface area (Å²) in [6.07, 6.45) is -2.88. The quantitative estimate of drug-likeness (QED) is 0.704. The van der Waals surface area contributed by atoms with E-state index in [-0.39, 0.29) is 11.5 Å². The van der Waals surface area contributed by atoms with Crippen LogP contribution >= 0.6 is 0 Å². The largest absolute Gasteiger partial charge is 0.441 e. The molecule has 0 spiro atoms. The number of aromatic nitrogens is 4. The first-order valence-electron chi connectivity index (χ1n) is 7.38. The number of rotatable bonds is 5. The van der Waals surface area contributed by atoms with E-state index in [4.69, 9.17) is 9.15 Å². The minimum Gasteiger partial charge on any atom is -0.441 e. The maximum atomic E-state index is 12.8. The molecule has 0 unspecified atom stereocenters. The molecule has 9 heteroatoms. The molecule has 2 heterocycles. The number of hydrogen-bond acceptors (Lipinski definition) is 5. The standard InChI is InChI=1S/C16H15F3N4O2/c1-10-13(7-23-9-20-14(22-23)8-24-2)21-15(25-10)11-4-3-5-12(6-11)16(17,18)19/h3-6,9H,7-8H2,1-2H3. The minimum absolute atomic E-state index is 0.135. The number of aryl methyl sites for hydroxylation is 1. The SMILES string of the molecule is COCc1ncn(Cc2nc(-c3cccc(C(F)(F)F)c3)oc2C)n1. The second-order valence-electron chi connectivity index (χ2n) is 5.39. The molecule has 0 aliphatic carbocycles. The maximum Gasteiger partial charge on any atom is 0.416 e. The molecule has 1 aromatic carbocycles. The third-order valence-electron chi connectivity index (χ3n) is 3.50. The molecule has 0 fully saturated rings. The summed E-state index contributed by atoms with van der Waals surface area (Å²) in [4.78, 5) is 8.38. The molecule has 3 aromatic rings. The first-order chi connectivity index (χ1) is 11.9. The highest BCUT2D eigenvalue weighted by molar-refractivity contribution is 5.55. The van der Waals surface area contributed by atoms with Crippen LogP contribution in [0.2, 0.25) is 0 Å². The van der Waals surface area contributed by atoms with E-state index in [9.17, 15) is 13.2 Å². The van der Waals surface area contributed by atoms with Gasteiger partial charge in [0.1, 0.15) is 24.4 Å². The van der Waals surface area contributed by atoms with Crippen LogP contribution in [0.4, 0.5) is 13.2 Å². The van der Waals surface area contributed by atoms with Gasteiger partial charge in [-0.3, -0.25) is 0 Å². The van der Waals surface area contributed by atoms with E-state index in [1.807, 2.05) is 0 Å². The number of nitrogens with zero attached hydrogens (tertiary/aromatic N) is 4. The van der Waals surface area contributed by atoms with E-state index in [0.717, 1.165) is 12.1 Å². The van der Waals surface area contributed by atoms with Crippen LogP contribution in [0.5, 0.6) is 0 Å². The van der Waals surface area contributed by atoms with Gasteiger partial charge in [-0.1, -0.05) is 6.07 Å². The Kier molecular flexibility index (Phi) is 4.58. The fourth-order valence-electron chi connectivity index (χ4n) is 2.28. The summed E-state index contributed by atoms with van der Waals surface area (Å²) in [5.41, 5.74) is 0.0898. The monoisotopic (exact) mass is 352 g/mol. The zero-order chi connectivity index (χ0) is 18.0. The lowest BCUT2D eigenvalue weighted by Crippen LogP contribution is -2.04. The summed E-state index contributed by atoms with van der Waals surface area (Å²) < 4.78 is 50.6. The molecule has 0 amide bonds. The predicted octanol–water partition coefficient (Wildman–Crippen LogP) is 3.46. The van der Waals surface area contributed by atoms with Crippen LogP contribution in [0.15, 0.2) is 35.0 Å². The second-order valence-corrected chi connectivity index (χ2v) is 5.39. The number of ether oxygens (including phenoxy) is 1. The van der Waals surface area contributed by atoms with Crippen molar-refractivity contribution in [3.63, 3.8) is 0 Å². The topological polar surface area (TPSA) is 66.0 Å². The van der Waals surface area contributed by atoms with Gasteiger partial charge in [0.25, 0.3) is 0 Å². The number of benzene rings is 1. The van der Waals surface area contributed by atoms with E-state index in [0.29, 0.717) is 30.4 Å². The highest BCUT2D eigenvalue weighted by atomic mass is 19.4. The van der Waals surface area contributed by atoms with Crippen molar-refractivity contribution in [1.29, 1.82) is 0 Å². The summed E-state index contributed by atoms with van der Waals surface area (Å²) >= 11 is 0. The van der Waals surface area contributed by atoms with Gasteiger partial charge in [0, 0.05) is 12.7 Å². The first-order valence-corrected chi connectivity index (χ1v) is 7.38. The summed E-state index contributed by atoms with van der Waals surface area (Å²) in [7, 11) is 1.55. The normalized spacial score (nSPS) is 11.9. The smallest absolute Gasteiger partial charge is 0.416 e. The van der Waals surface area contributed by atoms with Gasteiger partial charge in [0.15, 0.2) is 5.82 Å². The van der Waals surface area contributed by atoms with Crippen molar-refractivity contribution >= 4 is 0 Å². The maximum absolute atomic E-state index is 12.8.